The second-order valence-electron chi connectivity index (χ2n) is 5.25. The molecule has 1 aromatic carbocycles. The summed E-state index contributed by atoms with van der Waals surface area (Å²) in [6, 6.07) is 2.99. The number of fused-ring (bicyclic) bond motifs is 1. The number of methoxy groups -OCH3 is 1. The first kappa shape index (κ1) is 16.9. The molecule has 0 saturated carbocycles. The molecule has 0 bridgehead atoms. The maximum atomic E-state index is 12.7. The first-order valence-electron chi connectivity index (χ1n) is 7.10. The fourth-order valence-electron chi connectivity index (χ4n) is 2.61. The third-order valence-electron chi connectivity index (χ3n) is 3.55. The molecule has 0 spiro atoms. The fraction of sp³-hybridized carbons (Fsp3) is 0.400. The third kappa shape index (κ3) is 3.64. The minimum atomic E-state index is -0.836. The summed E-state index contributed by atoms with van der Waals surface area (Å²) >= 11 is 0. The van der Waals surface area contributed by atoms with E-state index in [1.54, 1.807) is 0 Å². The van der Waals surface area contributed by atoms with Gasteiger partial charge < -0.3 is 0 Å². The van der Waals surface area contributed by atoms with E-state index in [2.05, 4.69) is 21.2 Å². The number of hydrogen-bond donors (Lipinski definition) is 1. The van der Waals surface area contributed by atoms with Gasteiger partial charge in [0.15, 0.2) is 0 Å². The van der Waals surface area contributed by atoms with Crippen molar-refractivity contribution < 1.29 is 19.0 Å². The minimum absolute atomic E-state index is 0.216. The van der Waals surface area contributed by atoms with Gasteiger partial charge in [-0.05, 0) is 0 Å². The van der Waals surface area contributed by atoms with E-state index in [1.165, 1.54) is 12.0 Å². The van der Waals surface area contributed by atoms with Crippen molar-refractivity contribution in [2.24, 2.45) is 4.99 Å². The average molecular weight is 314 g/mol. The summed E-state index contributed by atoms with van der Waals surface area (Å²) in [6.07, 6.45) is 2.16. The number of anilines is 2. The molecule has 2 rings (SSSR count). The topological polar surface area (TPSA) is 88.1 Å². The number of benzene rings is 1. The second kappa shape index (κ2) is 7.17. The third-order valence-corrected chi connectivity index (χ3v) is 3.55. The number of nitrogens with one attached hydrogen (secondary N) is 1. The number of carbonyl (C=O) groups excluding carboxylic acids is 2. The van der Waals surface area contributed by atoms with Crippen molar-refractivity contribution in [1.82, 2.24) is 0 Å². The normalized spacial score (nSPS) is 17.3. The Hall–Kier alpha value is -2.51. The van der Waals surface area contributed by atoms with E-state index in [0.717, 1.165) is 16.8 Å². The molecule has 0 aromatic heterocycles. The molecule has 0 radical (unpaired) electrons. The van der Waals surface area contributed by atoms with Crippen LogP contribution in [0.5, 0.6) is 0 Å². The van der Waals surface area contributed by atoms with Gasteiger partial charge in [-0.2, -0.15) is 0 Å². The van der Waals surface area contributed by atoms with Crippen LogP contribution in [0, 0.1) is 13.8 Å². The quantitative estimate of drug-likeness (QED) is 0.380. The molecule has 120 valence electrons. The molecule has 0 aliphatic carbocycles. The summed E-state index contributed by atoms with van der Waals surface area (Å²) in [7, 11) is 1.66. The van der Waals surface area contributed by atoms with Crippen LogP contribution in [-0.2, 0) is 19.0 Å². The number of aryl methyl sites for hydroxylation is 2. The zero-order valence-corrected chi connectivity index (χ0v) is 13.3. The molecule has 7 nitrogen and oxygen atoms in total. The van der Waals surface area contributed by atoms with Gasteiger partial charge in [0.25, 0.3) is 0 Å². The Bertz CT molecular complexity index is 675. The van der Waals surface area contributed by atoms with E-state index >= 15 is 0 Å². The van der Waals surface area contributed by atoms with Crippen LogP contribution in [0.4, 0.5) is 11.4 Å². The molecular weight excluding hydrogens is 297 g/mol. The molecule has 1 aromatic rings. The molecule has 8 heteroatoms. The molecule has 0 saturated heterocycles. The molecule has 1 amide bonds. The van der Waals surface area contributed by atoms with Crippen molar-refractivity contribution >= 4 is 36.5 Å². The molecule has 1 N–H and O–H groups in total. The van der Waals surface area contributed by atoms with E-state index in [9.17, 15) is 14.3 Å². The van der Waals surface area contributed by atoms with Crippen LogP contribution in [0.2, 0.25) is 0 Å². The van der Waals surface area contributed by atoms with Crippen LogP contribution >= 0.6 is 0 Å². The Morgan fingerprint density at radius 2 is 2.26 bits per heavy atom. The van der Waals surface area contributed by atoms with Crippen LogP contribution < -0.4 is 10.2 Å². The van der Waals surface area contributed by atoms with Crippen LogP contribution in [-0.4, -0.2) is 51.4 Å². The molecule has 1 atom stereocenters. The Balaban J connectivity index is 2.51. The Morgan fingerprint density at radius 3 is 2.91 bits per heavy atom. The SMILES string of the molecule is COC(=O)CN1C(=O)[C@@H](N=[C-]B=O)CNc2cc(C)cc(C)c21. The van der Waals surface area contributed by atoms with Gasteiger partial charge in [-0.25, -0.2) is 0 Å². The van der Waals surface area contributed by atoms with Crippen LogP contribution in [0.15, 0.2) is 17.1 Å². The summed E-state index contributed by atoms with van der Waals surface area (Å²) in [5.74, 6) is -0.920. The molecule has 23 heavy (non-hydrogen) atoms. The number of amides is 1. The number of carbonyl (C=O) groups is 2. The van der Waals surface area contributed by atoms with E-state index in [1.807, 2.05) is 26.0 Å². The molecular formula is C15H17BN3O4-. The first-order chi connectivity index (χ1) is 11.0. The van der Waals surface area contributed by atoms with Crippen molar-refractivity contribution in [2.45, 2.75) is 19.9 Å². The van der Waals surface area contributed by atoms with Gasteiger partial charge in [-0.1, -0.05) is 0 Å². The summed E-state index contributed by atoms with van der Waals surface area (Å²) in [6.45, 7) is 3.81. The van der Waals surface area contributed by atoms with Gasteiger partial charge in [0.1, 0.15) is 0 Å². The van der Waals surface area contributed by atoms with Crippen molar-refractivity contribution in [3.63, 3.8) is 0 Å². The van der Waals surface area contributed by atoms with Crippen LogP contribution in [0.1, 0.15) is 11.1 Å². The Morgan fingerprint density at radius 1 is 1.52 bits per heavy atom. The molecule has 1 heterocycles. The monoisotopic (exact) mass is 314 g/mol. The average Bonchev–Trinajstić information content (AvgIpc) is 2.63. The Labute approximate surface area is 135 Å². The number of aliphatic imine (C=N–C) groups is 1. The van der Waals surface area contributed by atoms with E-state index in [-0.39, 0.29) is 19.0 Å². The zero-order valence-electron chi connectivity index (χ0n) is 13.3. The van der Waals surface area contributed by atoms with Gasteiger partial charge in [0.2, 0.25) is 0 Å². The van der Waals surface area contributed by atoms with Gasteiger partial charge in [0, 0.05) is 0 Å². The predicted molar refractivity (Wildman–Crippen MR) is 86.4 cm³/mol. The summed E-state index contributed by atoms with van der Waals surface area (Å²) < 4.78 is 15.1. The van der Waals surface area contributed by atoms with Crippen molar-refractivity contribution in [3.8, 4) is 0 Å². The first-order valence-corrected chi connectivity index (χ1v) is 7.10. The number of nitrogens with zero attached hydrogens (tertiary/aromatic N) is 2. The Kier molecular flexibility index (Phi) is 5.26. The second-order valence-corrected chi connectivity index (χ2v) is 5.25. The van der Waals surface area contributed by atoms with Crippen molar-refractivity contribution in [2.75, 3.05) is 30.4 Å². The predicted octanol–water partition coefficient (Wildman–Crippen LogP) is 0.559. The molecule has 0 fully saturated rings. The van der Waals surface area contributed by atoms with Gasteiger partial charge in [-0.15, -0.1) is 0 Å². The summed E-state index contributed by atoms with van der Waals surface area (Å²) in [5, 5.41) is 3.15. The van der Waals surface area contributed by atoms with Gasteiger partial charge in [0.05, 0.1) is 0 Å². The van der Waals surface area contributed by atoms with Crippen LogP contribution in [0.3, 0.4) is 0 Å². The molecule has 1 aliphatic heterocycles. The fourth-order valence-corrected chi connectivity index (χ4v) is 2.61. The standard InChI is InChI=1S/C15H17BN3O4/c1-9-4-10(2)14-11(5-9)17-6-12(18-8-16-22)15(21)19(14)7-13(20)23-3/h4-5,12,17H,6-7H2,1-3H3/q-1/t12-/m0/s1. The van der Waals surface area contributed by atoms with Crippen molar-refractivity contribution in [1.29, 1.82) is 0 Å². The molecule has 0 unspecified atom stereocenters. The zero-order chi connectivity index (χ0) is 17.0. The number of esters is 1. The van der Waals surface area contributed by atoms with E-state index in [4.69, 9.17) is 0 Å². The number of ether oxygens (including phenoxy) is 1. The summed E-state index contributed by atoms with van der Waals surface area (Å²) in [4.78, 5) is 29.6. The summed E-state index contributed by atoms with van der Waals surface area (Å²) in [5.41, 5.74) is 3.24. The number of rotatable bonds is 4. The molecule has 1 aliphatic rings. The van der Waals surface area contributed by atoms with Crippen LogP contribution in [0.25, 0.3) is 0 Å². The maximum absolute atomic E-state index is 12.7. The van der Waals surface area contributed by atoms with E-state index in [0.29, 0.717) is 12.8 Å². The van der Waals surface area contributed by atoms with Gasteiger partial charge >= 0.3 is 134 Å². The van der Waals surface area contributed by atoms with Gasteiger partial charge in [-0.3, -0.25) is 0 Å². The van der Waals surface area contributed by atoms with Crippen molar-refractivity contribution in [3.05, 3.63) is 23.3 Å². The van der Waals surface area contributed by atoms with E-state index < -0.39 is 12.0 Å². The number of hydrogen-bond acceptors (Lipinski definition) is 6.